The van der Waals surface area contributed by atoms with Crippen LogP contribution in [0.4, 0.5) is 4.39 Å². The average molecular weight is 352 g/mol. The molecule has 0 radical (unpaired) electrons. The van der Waals surface area contributed by atoms with Crippen LogP contribution in [0.3, 0.4) is 0 Å². The molecule has 0 spiro atoms. The number of para-hydroxylation sites is 1. The van der Waals surface area contributed by atoms with Gasteiger partial charge in [0.15, 0.2) is 0 Å². The quantitative estimate of drug-likeness (QED) is 0.854. The number of methoxy groups -OCH3 is 1. The zero-order valence-corrected chi connectivity index (χ0v) is 13.6. The smallest absolute Gasteiger partial charge is 0.124 e. The minimum absolute atomic E-state index is 0.236. The van der Waals surface area contributed by atoms with E-state index in [9.17, 15) is 4.39 Å². The SMILES string of the molecule is COc1ccccc1CC(CN)Cc1ccc(F)cc1Br. The van der Waals surface area contributed by atoms with Gasteiger partial charge in [-0.05, 0) is 54.6 Å². The van der Waals surface area contributed by atoms with Gasteiger partial charge in [0, 0.05) is 4.47 Å². The highest BCUT2D eigenvalue weighted by Gasteiger charge is 2.14. The molecule has 0 bridgehead atoms. The van der Waals surface area contributed by atoms with Crippen molar-refractivity contribution in [2.24, 2.45) is 11.7 Å². The molecule has 0 fully saturated rings. The largest absolute Gasteiger partial charge is 0.496 e. The summed E-state index contributed by atoms with van der Waals surface area (Å²) in [5.41, 5.74) is 8.13. The molecule has 0 heterocycles. The number of halogens is 2. The van der Waals surface area contributed by atoms with Crippen molar-refractivity contribution < 1.29 is 9.13 Å². The van der Waals surface area contributed by atoms with Gasteiger partial charge in [-0.3, -0.25) is 0 Å². The summed E-state index contributed by atoms with van der Waals surface area (Å²) < 4.78 is 19.3. The van der Waals surface area contributed by atoms with E-state index in [0.29, 0.717) is 6.54 Å². The Morgan fingerprint density at radius 3 is 2.52 bits per heavy atom. The number of ether oxygens (including phenoxy) is 1. The van der Waals surface area contributed by atoms with Gasteiger partial charge in [-0.15, -0.1) is 0 Å². The van der Waals surface area contributed by atoms with Crippen molar-refractivity contribution in [1.29, 1.82) is 0 Å². The van der Waals surface area contributed by atoms with E-state index in [0.717, 1.165) is 34.2 Å². The summed E-state index contributed by atoms with van der Waals surface area (Å²) in [6, 6.07) is 12.8. The van der Waals surface area contributed by atoms with E-state index >= 15 is 0 Å². The molecular formula is C17H19BrFNO. The van der Waals surface area contributed by atoms with Gasteiger partial charge in [0.25, 0.3) is 0 Å². The summed E-state index contributed by atoms with van der Waals surface area (Å²) in [5, 5.41) is 0. The molecule has 0 aliphatic rings. The maximum Gasteiger partial charge on any atom is 0.124 e. The number of rotatable bonds is 6. The molecule has 2 aromatic carbocycles. The summed E-state index contributed by atoms with van der Waals surface area (Å²) in [5.74, 6) is 0.928. The third kappa shape index (κ3) is 4.29. The molecule has 1 atom stereocenters. The van der Waals surface area contributed by atoms with Crippen LogP contribution in [0, 0.1) is 11.7 Å². The minimum atomic E-state index is -0.236. The lowest BCUT2D eigenvalue weighted by Gasteiger charge is -2.17. The molecule has 0 aliphatic carbocycles. The second-order valence-electron chi connectivity index (χ2n) is 5.06. The predicted octanol–water partition coefficient (Wildman–Crippen LogP) is 3.96. The Morgan fingerprint density at radius 2 is 1.86 bits per heavy atom. The molecule has 1 unspecified atom stereocenters. The van der Waals surface area contributed by atoms with Crippen LogP contribution in [0.15, 0.2) is 46.9 Å². The first kappa shape index (κ1) is 16.0. The molecule has 112 valence electrons. The van der Waals surface area contributed by atoms with Crippen LogP contribution in [0.2, 0.25) is 0 Å². The van der Waals surface area contributed by atoms with Crippen molar-refractivity contribution in [3.63, 3.8) is 0 Å². The molecule has 2 aromatic rings. The topological polar surface area (TPSA) is 35.2 Å². The first-order valence-corrected chi connectivity index (χ1v) is 7.69. The van der Waals surface area contributed by atoms with Gasteiger partial charge in [-0.2, -0.15) is 0 Å². The summed E-state index contributed by atoms with van der Waals surface area (Å²) in [7, 11) is 1.67. The van der Waals surface area contributed by atoms with Crippen molar-refractivity contribution in [2.45, 2.75) is 12.8 Å². The summed E-state index contributed by atoms with van der Waals surface area (Å²) >= 11 is 3.41. The van der Waals surface area contributed by atoms with E-state index in [1.807, 2.05) is 24.3 Å². The first-order chi connectivity index (χ1) is 10.1. The van der Waals surface area contributed by atoms with Crippen molar-refractivity contribution in [3.05, 3.63) is 63.9 Å². The Hall–Kier alpha value is -1.39. The standard InChI is InChI=1S/C17H19BrFNO/c1-21-17-5-3-2-4-14(17)9-12(11-20)8-13-6-7-15(19)10-16(13)18/h2-7,10,12H,8-9,11,20H2,1H3. The summed E-state index contributed by atoms with van der Waals surface area (Å²) in [6.07, 6.45) is 1.64. The van der Waals surface area contributed by atoms with Crippen LogP contribution in [-0.4, -0.2) is 13.7 Å². The number of nitrogens with two attached hydrogens (primary N) is 1. The van der Waals surface area contributed by atoms with Gasteiger partial charge in [0.1, 0.15) is 11.6 Å². The van der Waals surface area contributed by atoms with Gasteiger partial charge in [0.2, 0.25) is 0 Å². The zero-order valence-electron chi connectivity index (χ0n) is 12.0. The molecule has 0 saturated heterocycles. The van der Waals surface area contributed by atoms with E-state index in [4.69, 9.17) is 10.5 Å². The van der Waals surface area contributed by atoms with Crippen LogP contribution in [-0.2, 0) is 12.8 Å². The highest BCUT2D eigenvalue weighted by Crippen LogP contribution is 2.25. The molecule has 0 amide bonds. The maximum atomic E-state index is 13.1. The zero-order chi connectivity index (χ0) is 15.2. The van der Waals surface area contributed by atoms with E-state index < -0.39 is 0 Å². The number of hydrogen-bond acceptors (Lipinski definition) is 2. The van der Waals surface area contributed by atoms with Crippen molar-refractivity contribution in [2.75, 3.05) is 13.7 Å². The third-order valence-corrected chi connectivity index (χ3v) is 4.30. The fourth-order valence-corrected chi connectivity index (χ4v) is 2.93. The summed E-state index contributed by atoms with van der Waals surface area (Å²) in [6.45, 7) is 0.571. The predicted molar refractivity (Wildman–Crippen MR) is 87.0 cm³/mol. The Bertz CT molecular complexity index is 603. The lowest BCUT2D eigenvalue weighted by atomic mass is 9.92. The van der Waals surface area contributed by atoms with Crippen LogP contribution in [0.25, 0.3) is 0 Å². The Kier molecular flexibility index (Phi) is 5.76. The van der Waals surface area contributed by atoms with Crippen LogP contribution in [0.1, 0.15) is 11.1 Å². The van der Waals surface area contributed by atoms with Crippen LogP contribution >= 0.6 is 15.9 Å². The molecule has 4 heteroatoms. The molecule has 2 rings (SSSR count). The highest BCUT2D eigenvalue weighted by atomic mass is 79.9. The number of hydrogen-bond donors (Lipinski definition) is 1. The first-order valence-electron chi connectivity index (χ1n) is 6.90. The van der Waals surface area contributed by atoms with E-state index in [1.54, 1.807) is 7.11 Å². The molecule has 2 nitrogen and oxygen atoms in total. The monoisotopic (exact) mass is 351 g/mol. The second-order valence-corrected chi connectivity index (χ2v) is 5.91. The molecule has 0 aliphatic heterocycles. The van der Waals surface area contributed by atoms with Crippen molar-refractivity contribution in [1.82, 2.24) is 0 Å². The van der Waals surface area contributed by atoms with Gasteiger partial charge < -0.3 is 10.5 Å². The fourth-order valence-electron chi connectivity index (χ4n) is 2.42. The Labute approximate surface area is 133 Å². The van der Waals surface area contributed by atoms with Crippen LogP contribution in [0.5, 0.6) is 5.75 Å². The Balaban J connectivity index is 2.13. The normalized spacial score (nSPS) is 12.2. The Morgan fingerprint density at radius 1 is 1.14 bits per heavy atom. The highest BCUT2D eigenvalue weighted by molar-refractivity contribution is 9.10. The molecule has 2 N–H and O–H groups in total. The third-order valence-electron chi connectivity index (χ3n) is 3.56. The second kappa shape index (κ2) is 7.57. The molecule has 21 heavy (non-hydrogen) atoms. The van der Waals surface area contributed by atoms with Gasteiger partial charge in [-0.1, -0.05) is 40.2 Å². The van der Waals surface area contributed by atoms with Crippen molar-refractivity contribution >= 4 is 15.9 Å². The van der Waals surface area contributed by atoms with Gasteiger partial charge in [0.05, 0.1) is 7.11 Å². The van der Waals surface area contributed by atoms with Crippen LogP contribution < -0.4 is 10.5 Å². The number of benzene rings is 2. The molecular weight excluding hydrogens is 333 g/mol. The summed E-state index contributed by atoms with van der Waals surface area (Å²) in [4.78, 5) is 0. The van der Waals surface area contributed by atoms with E-state index in [-0.39, 0.29) is 11.7 Å². The van der Waals surface area contributed by atoms with E-state index in [2.05, 4.69) is 22.0 Å². The van der Waals surface area contributed by atoms with Gasteiger partial charge >= 0.3 is 0 Å². The lowest BCUT2D eigenvalue weighted by Crippen LogP contribution is -2.20. The van der Waals surface area contributed by atoms with E-state index in [1.165, 1.54) is 12.1 Å². The fraction of sp³-hybridized carbons (Fsp3) is 0.294. The maximum absolute atomic E-state index is 13.1. The average Bonchev–Trinajstić information content (AvgIpc) is 2.49. The molecule has 0 saturated carbocycles. The minimum Gasteiger partial charge on any atom is -0.496 e. The molecule has 0 aromatic heterocycles. The lowest BCUT2D eigenvalue weighted by molar-refractivity contribution is 0.404. The van der Waals surface area contributed by atoms with Gasteiger partial charge in [-0.25, -0.2) is 4.39 Å². The van der Waals surface area contributed by atoms with Crippen molar-refractivity contribution in [3.8, 4) is 5.75 Å².